The van der Waals surface area contributed by atoms with Gasteiger partial charge in [-0.2, -0.15) is 0 Å². The second kappa shape index (κ2) is 10.9. The Morgan fingerprint density at radius 3 is 2.03 bits per heavy atom. The van der Waals surface area contributed by atoms with Crippen molar-refractivity contribution < 1.29 is 29.3 Å². The third-order valence-corrected chi connectivity index (χ3v) is 6.11. The molecule has 188 valence electrons. The highest BCUT2D eigenvalue weighted by Gasteiger charge is 2.32. The molecule has 0 radical (unpaired) electrons. The molecule has 2 aromatic rings. The molecule has 2 aromatic carbocycles. The number of hydrogen-bond acceptors (Lipinski definition) is 5. The van der Waals surface area contributed by atoms with Gasteiger partial charge in [0, 0.05) is 12.5 Å². The van der Waals surface area contributed by atoms with E-state index in [-0.39, 0.29) is 24.5 Å². The highest BCUT2D eigenvalue weighted by atomic mass is 16.5. The summed E-state index contributed by atoms with van der Waals surface area (Å²) < 4.78 is 5.54. The van der Waals surface area contributed by atoms with Crippen LogP contribution >= 0.6 is 0 Å². The molecule has 1 aliphatic rings. The molecule has 3 atom stereocenters. The monoisotopic (exact) mass is 482 g/mol. The highest BCUT2D eigenvalue weighted by Crippen LogP contribution is 2.44. The molecule has 0 bridgehead atoms. The number of alkyl carbamates (subject to hydrolysis) is 1. The van der Waals surface area contributed by atoms with Crippen molar-refractivity contribution in [3.8, 4) is 11.1 Å². The molecule has 0 aliphatic heterocycles. The summed E-state index contributed by atoms with van der Waals surface area (Å²) in [5, 5.41) is 24.0. The van der Waals surface area contributed by atoms with Crippen molar-refractivity contribution in [1.82, 2.24) is 10.6 Å². The zero-order valence-corrected chi connectivity index (χ0v) is 20.6. The minimum Gasteiger partial charge on any atom is -0.480 e. The van der Waals surface area contributed by atoms with Crippen LogP contribution in [0.25, 0.3) is 11.1 Å². The Balaban J connectivity index is 1.63. The molecule has 0 fully saturated rings. The van der Waals surface area contributed by atoms with E-state index in [2.05, 4.69) is 22.8 Å². The molecule has 1 aliphatic carbocycles. The fourth-order valence-corrected chi connectivity index (χ4v) is 4.51. The fourth-order valence-electron chi connectivity index (χ4n) is 4.51. The Hall–Kier alpha value is -3.39. The number of carboxylic acids is 1. The molecule has 8 heteroatoms. The number of amides is 2. The quantitative estimate of drug-likeness (QED) is 0.433. The van der Waals surface area contributed by atoms with Crippen molar-refractivity contribution in [3.63, 3.8) is 0 Å². The number of nitrogens with one attached hydrogen (secondary N) is 2. The SMILES string of the molecule is C[C@@H](O)[C@H](NC(=O)C(CNC(=O)OCC1c2ccccc2-c2ccccc21)CC(C)(C)C)C(=O)O. The van der Waals surface area contributed by atoms with Crippen molar-refractivity contribution >= 4 is 18.0 Å². The van der Waals surface area contributed by atoms with E-state index < -0.39 is 36.0 Å². The minimum atomic E-state index is -1.43. The normalized spacial score (nSPS) is 15.3. The van der Waals surface area contributed by atoms with Crippen LogP contribution in [0.2, 0.25) is 0 Å². The lowest BCUT2D eigenvalue weighted by Gasteiger charge is -2.27. The maximum absolute atomic E-state index is 12.8. The maximum atomic E-state index is 12.8. The molecule has 3 rings (SSSR count). The van der Waals surface area contributed by atoms with Crippen molar-refractivity contribution in [3.05, 3.63) is 59.7 Å². The number of carbonyl (C=O) groups excluding carboxylic acids is 2. The Morgan fingerprint density at radius 1 is 1.00 bits per heavy atom. The van der Waals surface area contributed by atoms with E-state index in [0.29, 0.717) is 6.42 Å². The Labute approximate surface area is 205 Å². The van der Waals surface area contributed by atoms with Crippen molar-refractivity contribution in [2.45, 2.75) is 52.2 Å². The second-order valence-electron chi connectivity index (χ2n) is 10.2. The van der Waals surface area contributed by atoms with Gasteiger partial charge in [-0.15, -0.1) is 0 Å². The topological polar surface area (TPSA) is 125 Å². The van der Waals surface area contributed by atoms with Crippen LogP contribution in [0.1, 0.15) is 51.2 Å². The molecule has 0 spiro atoms. The molecule has 4 N–H and O–H groups in total. The van der Waals surface area contributed by atoms with Crippen LogP contribution in [0.3, 0.4) is 0 Å². The van der Waals surface area contributed by atoms with Gasteiger partial charge in [-0.05, 0) is 41.0 Å². The van der Waals surface area contributed by atoms with E-state index in [1.807, 2.05) is 57.2 Å². The number of hydrogen-bond donors (Lipinski definition) is 4. The smallest absolute Gasteiger partial charge is 0.407 e. The van der Waals surface area contributed by atoms with Gasteiger partial charge in [-0.25, -0.2) is 9.59 Å². The molecular formula is C27H34N2O6. The van der Waals surface area contributed by atoms with E-state index >= 15 is 0 Å². The zero-order chi connectivity index (χ0) is 25.8. The van der Waals surface area contributed by atoms with Gasteiger partial charge in [0.25, 0.3) is 0 Å². The minimum absolute atomic E-state index is 0.0219. The third-order valence-electron chi connectivity index (χ3n) is 6.11. The van der Waals surface area contributed by atoms with E-state index in [4.69, 9.17) is 4.74 Å². The molecule has 1 unspecified atom stereocenters. The molecular weight excluding hydrogens is 448 g/mol. The molecule has 35 heavy (non-hydrogen) atoms. The lowest BCUT2D eigenvalue weighted by Crippen LogP contribution is -2.51. The number of aliphatic hydroxyl groups is 1. The molecule has 0 aromatic heterocycles. The van der Waals surface area contributed by atoms with Gasteiger partial charge in [-0.1, -0.05) is 69.3 Å². The first-order valence-electron chi connectivity index (χ1n) is 11.8. The Morgan fingerprint density at radius 2 is 1.54 bits per heavy atom. The number of carbonyl (C=O) groups is 3. The number of carboxylic acid groups (broad SMARTS) is 1. The van der Waals surface area contributed by atoms with Crippen LogP contribution in [0.5, 0.6) is 0 Å². The number of aliphatic carboxylic acids is 1. The lowest BCUT2D eigenvalue weighted by molar-refractivity contribution is -0.145. The number of rotatable bonds is 9. The van der Waals surface area contributed by atoms with Crippen LogP contribution in [-0.2, 0) is 14.3 Å². The molecule has 8 nitrogen and oxygen atoms in total. The van der Waals surface area contributed by atoms with Gasteiger partial charge in [0.05, 0.1) is 12.0 Å². The first kappa shape index (κ1) is 26.2. The number of benzene rings is 2. The average Bonchev–Trinajstić information content (AvgIpc) is 3.11. The summed E-state index contributed by atoms with van der Waals surface area (Å²) in [6.45, 7) is 7.27. The molecule has 0 saturated carbocycles. The summed E-state index contributed by atoms with van der Waals surface area (Å²) >= 11 is 0. The average molecular weight is 483 g/mol. The van der Waals surface area contributed by atoms with Crippen LogP contribution in [-0.4, -0.2) is 53.5 Å². The highest BCUT2D eigenvalue weighted by molar-refractivity contribution is 5.86. The van der Waals surface area contributed by atoms with E-state index in [1.165, 1.54) is 6.92 Å². The standard InChI is InChI=1S/C27H34N2O6/c1-16(30)23(25(32)33)29-24(31)17(13-27(2,3)4)14-28-26(34)35-15-22-20-11-7-5-9-18(20)19-10-6-8-12-21(19)22/h5-12,16-17,22-23,30H,13-15H2,1-4H3,(H,28,34)(H,29,31)(H,32,33)/t16-,17?,23+/m1/s1. The second-order valence-corrected chi connectivity index (χ2v) is 10.2. The summed E-state index contributed by atoms with van der Waals surface area (Å²) in [4.78, 5) is 36.7. The van der Waals surface area contributed by atoms with Gasteiger partial charge in [0.15, 0.2) is 6.04 Å². The van der Waals surface area contributed by atoms with Crippen LogP contribution < -0.4 is 10.6 Å². The van der Waals surface area contributed by atoms with Crippen molar-refractivity contribution in [2.75, 3.05) is 13.2 Å². The first-order chi connectivity index (χ1) is 16.5. The maximum Gasteiger partial charge on any atom is 0.407 e. The van der Waals surface area contributed by atoms with E-state index in [9.17, 15) is 24.6 Å². The Kier molecular flexibility index (Phi) is 8.17. The fraction of sp³-hybridized carbons (Fsp3) is 0.444. The lowest BCUT2D eigenvalue weighted by atomic mass is 9.84. The van der Waals surface area contributed by atoms with Crippen LogP contribution in [0.4, 0.5) is 4.79 Å². The first-order valence-corrected chi connectivity index (χ1v) is 11.8. The predicted molar refractivity (Wildman–Crippen MR) is 132 cm³/mol. The van der Waals surface area contributed by atoms with Crippen LogP contribution in [0.15, 0.2) is 48.5 Å². The third kappa shape index (κ3) is 6.60. The zero-order valence-electron chi connectivity index (χ0n) is 20.6. The van der Waals surface area contributed by atoms with E-state index in [1.54, 1.807) is 0 Å². The largest absolute Gasteiger partial charge is 0.480 e. The number of aliphatic hydroxyl groups excluding tert-OH is 1. The molecule has 0 heterocycles. The number of ether oxygens (including phenoxy) is 1. The van der Waals surface area contributed by atoms with E-state index in [0.717, 1.165) is 22.3 Å². The molecule has 2 amide bonds. The molecule has 0 saturated heterocycles. The van der Waals surface area contributed by atoms with Gasteiger partial charge in [0.1, 0.15) is 6.61 Å². The summed E-state index contributed by atoms with van der Waals surface area (Å²) in [5.41, 5.74) is 4.21. The van der Waals surface area contributed by atoms with Gasteiger partial charge in [0.2, 0.25) is 5.91 Å². The van der Waals surface area contributed by atoms with Gasteiger partial charge in [-0.3, -0.25) is 4.79 Å². The van der Waals surface area contributed by atoms with Gasteiger partial charge >= 0.3 is 12.1 Å². The summed E-state index contributed by atoms with van der Waals surface area (Å²) in [7, 11) is 0. The predicted octanol–water partition coefficient (Wildman–Crippen LogP) is 3.53. The summed E-state index contributed by atoms with van der Waals surface area (Å²) in [5.74, 6) is -2.65. The van der Waals surface area contributed by atoms with Crippen LogP contribution in [0, 0.1) is 11.3 Å². The summed E-state index contributed by atoms with van der Waals surface area (Å²) in [6, 6.07) is 14.6. The Bertz CT molecular complexity index is 1030. The van der Waals surface area contributed by atoms with Crippen molar-refractivity contribution in [2.24, 2.45) is 11.3 Å². The summed E-state index contributed by atoms with van der Waals surface area (Å²) in [6.07, 6.45) is -1.51. The van der Waals surface area contributed by atoms with Gasteiger partial charge < -0.3 is 25.6 Å². The number of fused-ring (bicyclic) bond motifs is 3. The van der Waals surface area contributed by atoms with Crippen molar-refractivity contribution in [1.29, 1.82) is 0 Å².